The average Bonchev–Trinajstić information content (AvgIpc) is 1.87. The largest absolute Gasteiger partial charge is 0.378 e. The van der Waals surface area contributed by atoms with Gasteiger partial charge in [-0.25, -0.2) is 0 Å². The number of methoxy groups -OCH3 is 1. The van der Waals surface area contributed by atoms with Gasteiger partial charge in [0.2, 0.25) is 0 Å². The highest BCUT2D eigenvalue weighted by molar-refractivity contribution is 5.49. The molecule has 0 atom stereocenters. The molecule has 0 radical (unpaired) electrons. The summed E-state index contributed by atoms with van der Waals surface area (Å²) in [5, 5.41) is 0. The third-order valence-electron chi connectivity index (χ3n) is 2.42. The van der Waals surface area contributed by atoms with Gasteiger partial charge in [-0.15, -0.1) is 0 Å². The average molecular weight is 142 g/mol. The van der Waals surface area contributed by atoms with E-state index in [-0.39, 0.29) is 5.60 Å². The van der Waals surface area contributed by atoms with Crippen LogP contribution in [0.4, 0.5) is 0 Å². The lowest BCUT2D eigenvalue weighted by molar-refractivity contribution is -0.112. The molecule has 1 aliphatic carbocycles. The maximum Gasteiger partial charge on any atom is 0.120 e. The van der Waals surface area contributed by atoms with Crippen LogP contribution in [0.25, 0.3) is 0 Å². The predicted octanol–water partition coefficient (Wildman–Crippen LogP) is 1.53. The highest BCUT2D eigenvalue weighted by Crippen LogP contribution is 2.38. The smallest absolute Gasteiger partial charge is 0.120 e. The first-order valence-corrected chi connectivity index (χ1v) is 3.82. The second kappa shape index (κ2) is 3.15. The molecule has 1 aliphatic rings. The maximum atomic E-state index is 10.1. The van der Waals surface area contributed by atoms with Crippen molar-refractivity contribution < 1.29 is 9.53 Å². The Morgan fingerprint density at radius 2 is 2.30 bits per heavy atom. The summed E-state index contributed by atoms with van der Waals surface area (Å²) in [6.45, 7) is 0. The van der Waals surface area contributed by atoms with E-state index < -0.39 is 0 Å². The van der Waals surface area contributed by atoms with Crippen molar-refractivity contribution in [1.82, 2.24) is 0 Å². The number of rotatable bonds is 4. The van der Waals surface area contributed by atoms with E-state index in [4.69, 9.17) is 4.74 Å². The molecule has 2 heteroatoms. The second-order valence-electron chi connectivity index (χ2n) is 2.95. The molecule has 0 unspecified atom stereocenters. The summed E-state index contributed by atoms with van der Waals surface area (Å²) in [4.78, 5) is 10.1. The first kappa shape index (κ1) is 7.73. The molecule has 0 aromatic carbocycles. The number of ether oxygens (including phenoxy) is 1. The minimum atomic E-state index is 0.0842. The van der Waals surface area contributed by atoms with Crippen LogP contribution in [0.3, 0.4) is 0 Å². The van der Waals surface area contributed by atoms with E-state index in [1.54, 1.807) is 7.11 Å². The Morgan fingerprint density at radius 3 is 2.60 bits per heavy atom. The third-order valence-corrected chi connectivity index (χ3v) is 2.42. The molecule has 0 bridgehead atoms. The van der Waals surface area contributed by atoms with Gasteiger partial charge in [0.05, 0.1) is 5.60 Å². The Labute approximate surface area is 61.6 Å². The van der Waals surface area contributed by atoms with Gasteiger partial charge in [-0.05, 0) is 25.7 Å². The van der Waals surface area contributed by atoms with Crippen LogP contribution < -0.4 is 0 Å². The third kappa shape index (κ3) is 1.37. The molecule has 0 heterocycles. The van der Waals surface area contributed by atoms with E-state index >= 15 is 0 Å². The summed E-state index contributed by atoms with van der Waals surface area (Å²) in [6.07, 6.45) is 6.06. The molecule has 10 heavy (non-hydrogen) atoms. The first-order chi connectivity index (χ1) is 4.83. The molecule has 0 aromatic rings. The Kier molecular flexibility index (Phi) is 2.44. The zero-order chi connectivity index (χ0) is 7.45. The zero-order valence-corrected chi connectivity index (χ0v) is 6.43. The van der Waals surface area contributed by atoms with E-state index in [9.17, 15) is 4.79 Å². The minimum Gasteiger partial charge on any atom is -0.378 e. The lowest BCUT2D eigenvalue weighted by Crippen LogP contribution is -2.38. The van der Waals surface area contributed by atoms with Gasteiger partial charge in [0, 0.05) is 13.5 Å². The highest BCUT2D eigenvalue weighted by Gasteiger charge is 2.35. The van der Waals surface area contributed by atoms with Crippen molar-refractivity contribution in [3.63, 3.8) is 0 Å². The van der Waals surface area contributed by atoms with Gasteiger partial charge in [0.15, 0.2) is 0 Å². The number of hydrogen-bond donors (Lipinski definition) is 0. The number of carbonyl (C=O) groups is 1. The summed E-state index contributed by atoms with van der Waals surface area (Å²) in [5.74, 6) is 0. The van der Waals surface area contributed by atoms with E-state index in [1.165, 1.54) is 6.42 Å². The molecular weight excluding hydrogens is 128 g/mol. The Balaban J connectivity index is 2.26. The molecule has 2 nitrogen and oxygen atoms in total. The second-order valence-corrected chi connectivity index (χ2v) is 2.95. The van der Waals surface area contributed by atoms with Gasteiger partial charge in [-0.3, -0.25) is 0 Å². The number of hydrogen-bond acceptors (Lipinski definition) is 2. The van der Waals surface area contributed by atoms with Crippen molar-refractivity contribution >= 4 is 6.29 Å². The number of carbonyl (C=O) groups excluding carboxylic acids is 1. The summed E-state index contributed by atoms with van der Waals surface area (Å²) in [7, 11) is 1.74. The molecule has 0 aromatic heterocycles. The van der Waals surface area contributed by atoms with Crippen molar-refractivity contribution in [2.24, 2.45) is 0 Å². The van der Waals surface area contributed by atoms with Crippen LogP contribution in [0.15, 0.2) is 0 Å². The highest BCUT2D eigenvalue weighted by atomic mass is 16.5. The lowest BCUT2D eigenvalue weighted by Gasteiger charge is -2.40. The summed E-state index contributed by atoms with van der Waals surface area (Å²) in [5.41, 5.74) is 0.0842. The molecule has 0 aliphatic heterocycles. The van der Waals surface area contributed by atoms with Gasteiger partial charge < -0.3 is 9.53 Å². The topological polar surface area (TPSA) is 26.3 Å². The first-order valence-electron chi connectivity index (χ1n) is 3.82. The van der Waals surface area contributed by atoms with Crippen molar-refractivity contribution in [1.29, 1.82) is 0 Å². The van der Waals surface area contributed by atoms with E-state index in [0.717, 1.165) is 25.5 Å². The Morgan fingerprint density at radius 1 is 1.60 bits per heavy atom. The van der Waals surface area contributed by atoms with E-state index in [1.807, 2.05) is 0 Å². The molecule has 0 saturated heterocycles. The fourth-order valence-electron chi connectivity index (χ4n) is 1.45. The van der Waals surface area contributed by atoms with Gasteiger partial charge in [-0.2, -0.15) is 0 Å². The fraction of sp³-hybridized carbons (Fsp3) is 0.875. The monoisotopic (exact) mass is 142 g/mol. The lowest BCUT2D eigenvalue weighted by atomic mass is 9.77. The van der Waals surface area contributed by atoms with Crippen molar-refractivity contribution in [2.45, 2.75) is 37.7 Å². The summed E-state index contributed by atoms with van der Waals surface area (Å²) >= 11 is 0. The van der Waals surface area contributed by atoms with Gasteiger partial charge in [-0.1, -0.05) is 0 Å². The van der Waals surface area contributed by atoms with Crippen LogP contribution in [0.1, 0.15) is 32.1 Å². The van der Waals surface area contributed by atoms with Crippen LogP contribution in [-0.2, 0) is 9.53 Å². The quantitative estimate of drug-likeness (QED) is 0.556. The standard InChI is InChI=1S/C8H14O2/c1-10-8(4-2-5-8)6-3-7-9/h7H,2-6H2,1H3. The summed E-state index contributed by atoms with van der Waals surface area (Å²) < 4.78 is 5.32. The van der Waals surface area contributed by atoms with Gasteiger partial charge in [0.25, 0.3) is 0 Å². The fourth-order valence-corrected chi connectivity index (χ4v) is 1.45. The molecule has 0 N–H and O–H groups in total. The molecule has 1 saturated carbocycles. The Hall–Kier alpha value is -0.370. The zero-order valence-electron chi connectivity index (χ0n) is 6.43. The van der Waals surface area contributed by atoms with Gasteiger partial charge >= 0.3 is 0 Å². The van der Waals surface area contributed by atoms with Crippen LogP contribution in [0, 0.1) is 0 Å². The van der Waals surface area contributed by atoms with Crippen LogP contribution in [0.5, 0.6) is 0 Å². The van der Waals surface area contributed by atoms with E-state index in [2.05, 4.69) is 0 Å². The minimum absolute atomic E-state index is 0.0842. The summed E-state index contributed by atoms with van der Waals surface area (Å²) in [6, 6.07) is 0. The predicted molar refractivity (Wildman–Crippen MR) is 38.9 cm³/mol. The normalized spacial score (nSPS) is 21.7. The molecule has 0 spiro atoms. The maximum absolute atomic E-state index is 10.1. The molecule has 0 amide bonds. The van der Waals surface area contributed by atoms with Crippen LogP contribution in [0.2, 0.25) is 0 Å². The molecule has 1 rings (SSSR count). The van der Waals surface area contributed by atoms with Crippen molar-refractivity contribution in [3.05, 3.63) is 0 Å². The molecular formula is C8H14O2. The molecule has 1 fully saturated rings. The van der Waals surface area contributed by atoms with Crippen molar-refractivity contribution in [3.8, 4) is 0 Å². The Bertz CT molecular complexity index is 111. The van der Waals surface area contributed by atoms with Crippen molar-refractivity contribution in [2.75, 3.05) is 7.11 Å². The molecule has 58 valence electrons. The van der Waals surface area contributed by atoms with E-state index in [0.29, 0.717) is 6.42 Å². The van der Waals surface area contributed by atoms with Crippen LogP contribution in [-0.4, -0.2) is 19.0 Å². The van der Waals surface area contributed by atoms with Crippen LogP contribution >= 0.6 is 0 Å². The van der Waals surface area contributed by atoms with Gasteiger partial charge in [0.1, 0.15) is 6.29 Å². The SMILES string of the molecule is COC1(CCC=O)CCC1. The number of aldehydes is 1.